The first-order chi connectivity index (χ1) is 9.93. The van der Waals surface area contributed by atoms with Crippen molar-refractivity contribution in [2.24, 2.45) is 0 Å². The van der Waals surface area contributed by atoms with E-state index in [1.165, 1.54) is 0 Å². The smallest absolute Gasteiger partial charge is 0.152 e. The van der Waals surface area contributed by atoms with Gasteiger partial charge in [0.1, 0.15) is 0 Å². The summed E-state index contributed by atoms with van der Waals surface area (Å²) in [4.78, 5) is 4.01. The standard InChI is InChI=1S/C14H18ClN3O2S/c1-3-21(19,20)9-11(2)17-13-6-4-5-12(15)14(13)18-8-7-16-10-18/h4-8,10-11,17H,3,9H2,1-2H3. The molecule has 1 aromatic carbocycles. The van der Waals surface area contributed by atoms with E-state index in [2.05, 4.69) is 10.3 Å². The maximum absolute atomic E-state index is 11.7. The third-order valence-electron chi connectivity index (χ3n) is 3.10. The molecule has 0 spiro atoms. The molecule has 0 bridgehead atoms. The van der Waals surface area contributed by atoms with Crippen molar-refractivity contribution in [2.45, 2.75) is 19.9 Å². The summed E-state index contributed by atoms with van der Waals surface area (Å²) in [6.45, 7) is 3.49. The zero-order valence-corrected chi connectivity index (χ0v) is 13.5. The van der Waals surface area contributed by atoms with Crippen LogP contribution in [0.1, 0.15) is 13.8 Å². The molecule has 2 rings (SSSR count). The average Bonchev–Trinajstić information content (AvgIpc) is 2.91. The maximum atomic E-state index is 11.7. The van der Waals surface area contributed by atoms with Crippen LogP contribution in [0.25, 0.3) is 5.69 Å². The Kier molecular flexibility index (Phi) is 4.90. The number of imidazole rings is 1. The molecule has 0 saturated heterocycles. The van der Waals surface area contributed by atoms with E-state index in [1.807, 2.05) is 19.1 Å². The van der Waals surface area contributed by atoms with Gasteiger partial charge in [0, 0.05) is 24.2 Å². The van der Waals surface area contributed by atoms with Gasteiger partial charge in [-0.25, -0.2) is 13.4 Å². The van der Waals surface area contributed by atoms with Crippen molar-refractivity contribution in [1.82, 2.24) is 9.55 Å². The van der Waals surface area contributed by atoms with Gasteiger partial charge in [-0.15, -0.1) is 0 Å². The first kappa shape index (κ1) is 15.9. The number of benzene rings is 1. The lowest BCUT2D eigenvalue weighted by molar-refractivity contribution is 0.593. The molecule has 0 aliphatic heterocycles. The van der Waals surface area contributed by atoms with Gasteiger partial charge in [-0.1, -0.05) is 24.6 Å². The molecule has 0 aliphatic carbocycles. The van der Waals surface area contributed by atoms with Crippen molar-refractivity contribution in [3.05, 3.63) is 41.9 Å². The lowest BCUT2D eigenvalue weighted by Crippen LogP contribution is -2.27. The number of rotatable bonds is 6. The molecular weight excluding hydrogens is 310 g/mol. The number of nitrogens with one attached hydrogen (secondary N) is 1. The van der Waals surface area contributed by atoms with Crippen LogP contribution in [0.5, 0.6) is 0 Å². The van der Waals surface area contributed by atoms with Crippen molar-refractivity contribution < 1.29 is 8.42 Å². The number of sulfone groups is 1. The van der Waals surface area contributed by atoms with E-state index in [4.69, 9.17) is 11.6 Å². The fraction of sp³-hybridized carbons (Fsp3) is 0.357. The lowest BCUT2D eigenvalue weighted by Gasteiger charge is -2.19. The van der Waals surface area contributed by atoms with Crippen LogP contribution in [-0.4, -0.2) is 35.5 Å². The number of aromatic nitrogens is 2. The van der Waals surface area contributed by atoms with Crippen LogP contribution in [0, 0.1) is 0 Å². The maximum Gasteiger partial charge on any atom is 0.152 e. The summed E-state index contributed by atoms with van der Waals surface area (Å²) in [6.07, 6.45) is 5.11. The fourth-order valence-corrected chi connectivity index (χ4v) is 3.44. The van der Waals surface area contributed by atoms with Crippen LogP contribution in [0.3, 0.4) is 0 Å². The zero-order valence-electron chi connectivity index (χ0n) is 12.0. The van der Waals surface area contributed by atoms with Crippen LogP contribution in [0.4, 0.5) is 5.69 Å². The first-order valence-electron chi connectivity index (χ1n) is 6.66. The molecule has 0 radical (unpaired) electrons. The molecule has 0 aliphatic rings. The van der Waals surface area contributed by atoms with E-state index in [-0.39, 0.29) is 17.5 Å². The molecule has 0 saturated carbocycles. The van der Waals surface area contributed by atoms with Crippen molar-refractivity contribution in [2.75, 3.05) is 16.8 Å². The van der Waals surface area contributed by atoms with Gasteiger partial charge in [0.25, 0.3) is 0 Å². The second-order valence-electron chi connectivity index (χ2n) is 4.85. The molecule has 114 valence electrons. The third-order valence-corrected chi connectivity index (χ3v) is 5.29. The Labute approximate surface area is 129 Å². The molecule has 0 amide bonds. The molecule has 1 aromatic heterocycles. The largest absolute Gasteiger partial charge is 0.380 e. The third kappa shape index (κ3) is 3.98. The number of anilines is 1. The Morgan fingerprint density at radius 1 is 1.43 bits per heavy atom. The molecule has 2 aromatic rings. The van der Waals surface area contributed by atoms with Crippen LogP contribution in [0.15, 0.2) is 36.9 Å². The second-order valence-corrected chi connectivity index (χ2v) is 7.66. The lowest BCUT2D eigenvalue weighted by atomic mass is 10.2. The highest BCUT2D eigenvalue weighted by molar-refractivity contribution is 7.91. The van der Waals surface area contributed by atoms with Gasteiger partial charge in [0.2, 0.25) is 0 Å². The SMILES string of the molecule is CCS(=O)(=O)CC(C)Nc1cccc(Cl)c1-n1ccnc1. The second kappa shape index (κ2) is 6.49. The van der Waals surface area contributed by atoms with Gasteiger partial charge in [0.15, 0.2) is 9.84 Å². The van der Waals surface area contributed by atoms with Gasteiger partial charge in [-0.2, -0.15) is 0 Å². The van der Waals surface area contributed by atoms with Crippen molar-refractivity contribution >= 4 is 27.1 Å². The van der Waals surface area contributed by atoms with E-state index in [9.17, 15) is 8.42 Å². The predicted octanol–water partition coefficient (Wildman–Crippen LogP) is 2.76. The van der Waals surface area contributed by atoms with Crippen LogP contribution in [-0.2, 0) is 9.84 Å². The molecule has 0 fully saturated rings. The zero-order chi connectivity index (χ0) is 15.5. The summed E-state index contributed by atoms with van der Waals surface area (Å²) >= 11 is 6.26. The summed E-state index contributed by atoms with van der Waals surface area (Å²) in [7, 11) is -3.03. The minimum atomic E-state index is -3.03. The van der Waals surface area contributed by atoms with Crippen LogP contribution >= 0.6 is 11.6 Å². The number of halogens is 1. The van der Waals surface area contributed by atoms with E-state index in [1.54, 1.807) is 36.3 Å². The Morgan fingerprint density at radius 2 is 2.19 bits per heavy atom. The quantitative estimate of drug-likeness (QED) is 0.886. The van der Waals surface area contributed by atoms with E-state index >= 15 is 0 Å². The summed E-state index contributed by atoms with van der Waals surface area (Å²) in [6, 6.07) is 5.27. The minimum Gasteiger partial charge on any atom is -0.380 e. The summed E-state index contributed by atoms with van der Waals surface area (Å²) in [5, 5.41) is 3.79. The minimum absolute atomic E-state index is 0.0827. The Bertz CT molecular complexity index is 699. The van der Waals surface area contributed by atoms with Gasteiger partial charge in [-0.3, -0.25) is 0 Å². The summed E-state index contributed by atoms with van der Waals surface area (Å²) in [5.41, 5.74) is 1.54. The van der Waals surface area contributed by atoms with Crippen molar-refractivity contribution in [3.8, 4) is 5.69 Å². The van der Waals surface area contributed by atoms with Crippen molar-refractivity contribution in [3.63, 3.8) is 0 Å². The average molecular weight is 328 g/mol. The molecule has 1 atom stereocenters. The van der Waals surface area contributed by atoms with Gasteiger partial charge >= 0.3 is 0 Å². The fourth-order valence-electron chi connectivity index (χ4n) is 2.09. The molecule has 1 N–H and O–H groups in total. The highest BCUT2D eigenvalue weighted by Gasteiger charge is 2.16. The molecular formula is C14H18ClN3O2S. The van der Waals surface area contributed by atoms with E-state index in [0.29, 0.717) is 5.02 Å². The molecule has 21 heavy (non-hydrogen) atoms. The van der Waals surface area contributed by atoms with E-state index < -0.39 is 9.84 Å². The topological polar surface area (TPSA) is 64.0 Å². The Hall–Kier alpha value is -1.53. The highest BCUT2D eigenvalue weighted by atomic mass is 35.5. The molecule has 1 unspecified atom stereocenters. The predicted molar refractivity (Wildman–Crippen MR) is 86.0 cm³/mol. The summed E-state index contributed by atoms with van der Waals surface area (Å²) < 4.78 is 25.2. The molecule has 5 nitrogen and oxygen atoms in total. The van der Waals surface area contributed by atoms with Gasteiger partial charge < -0.3 is 9.88 Å². The van der Waals surface area contributed by atoms with E-state index in [0.717, 1.165) is 11.4 Å². The van der Waals surface area contributed by atoms with Crippen molar-refractivity contribution in [1.29, 1.82) is 0 Å². The molecule has 7 heteroatoms. The van der Waals surface area contributed by atoms with Crippen LogP contribution in [0.2, 0.25) is 5.02 Å². The Balaban J connectivity index is 2.27. The number of nitrogens with zero attached hydrogens (tertiary/aromatic N) is 2. The monoisotopic (exact) mass is 327 g/mol. The normalized spacial score (nSPS) is 13.1. The number of hydrogen-bond acceptors (Lipinski definition) is 4. The molecule has 1 heterocycles. The van der Waals surface area contributed by atoms with Gasteiger partial charge in [-0.05, 0) is 19.1 Å². The number of hydrogen-bond donors (Lipinski definition) is 1. The Morgan fingerprint density at radius 3 is 2.81 bits per heavy atom. The van der Waals surface area contributed by atoms with Gasteiger partial charge in [0.05, 0.1) is 28.5 Å². The van der Waals surface area contributed by atoms with Crippen LogP contribution < -0.4 is 5.32 Å². The summed E-state index contributed by atoms with van der Waals surface area (Å²) in [5.74, 6) is 0.225. The first-order valence-corrected chi connectivity index (χ1v) is 8.86. The number of para-hydroxylation sites is 1. The highest BCUT2D eigenvalue weighted by Crippen LogP contribution is 2.28.